The van der Waals surface area contributed by atoms with Crippen LogP contribution in [0.1, 0.15) is 23.1 Å². The SMILES string of the molecule is Cc1ccc(NC(=O)Cn2ccnc2C(O)c2ccc(F)cc2)cc1. The number of imidazole rings is 1. The largest absolute Gasteiger partial charge is 0.380 e. The smallest absolute Gasteiger partial charge is 0.244 e. The molecular weight excluding hydrogens is 321 g/mol. The van der Waals surface area contributed by atoms with Crippen molar-refractivity contribution in [2.24, 2.45) is 0 Å². The molecule has 1 heterocycles. The fraction of sp³-hybridized carbons (Fsp3) is 0.158. The number of hydrogen-bond donors (Lipinski definition) is 2. The summed E-state index contributed by atoms with van der Waals surface area (Å²) in [6.07, 6.45) is 2.10. The molecule has 2 aromatic carbocycles. The zero-order chi connectivity index (χ0) is 17.8. The predicted molar refractivity (Wildman–Crippen MR) is 92.5 cm³/mol. The minimum absolute atomic E-state index is 0.0153. The Kier molecular flexibility index (Phi) is 4.90. The number of aryl methyl sites for hydroxylation is 1. The van der Waals surface area contributed by atoms with Gasteiger partial charge < -0.3 is 15.0 Å². The van der Waals surface area contributed by atoms with Gasteiger partial charge >= 0.3 is 0 Å². The first kappa shape index (κ1) is 16.9. The number of nitrogens with zero attached hydrogens (tertiary/aromatic N) is 2. The van der Waals surface area contributed by atoms with Gasteiger partial charge in [0, 0.05) is 18.1 Å². The molecule has 1 atom stereocenters. The second kappa shape index (κ2) is 7.27. The number of hydrogen-bond acceptors (Lipinski definition) is 3. The van der Waals surface area contributed by atoms with Crippen molar-refractivity contribution in [3.63, 3.8) is 0 Å². The number of aliphatic hydroxyl groups excluding tert-OH is 1. The molecule has 0 aliphatic rings. The van der Waals surface area contributed by atoms with E-state index in [1.165, 1.54) is 30.5 Å². The van der Waals surface area contributed by atoms with E-state index < -0.39 is 6.10 Å². The molecule has 2 N–H and O–H groups in total. The summed E-state index contributed by atoms with van der Waals surface area (Å²) in [5, 5.41) is 13.3. The Bertz CT molecular complexity index is 857. The van der Waals surface area contributed by atoms with Crippen LogP contribution in [0.25, 0.3) is 0 Å². The molecule has 0 spiro atoms. The Hall–Kier alpha value is -2.99. The molecule has 0 saturated heterocycles. The van der Waals surface area contributed by atoms with Crippen molar-refractivity contribution in [1.82, 2.24) is 9.55 Å². The van der Waals surface area contributed by atoms with E-state index in [0.29, 0.717) is 17.1 Å². The number of carbonyl (C=O) groups excluding carboxylic acids is 1. The molecule has 3 rings (SSSR count). The van der Waals surface area contributed by atoms with Crippen LogP contribution in [0.15, 0.2) is 60.9 Å². The highest BCUT2D eigenvalue weighted by atomic mass is 19.1. The van der Waals surface area contributed by atoms with Gasteiger partial charge in [0.2, 0.25) is 5.91 Å². The van der Waals surface area contributed by atoms with E-state index >= 15 is 0 Å². The van der Waals surface area contributed by atoms with Crippen LogP contribution in [0.5, 0.6) is 0 Å². The lowest BCUT2D eigenvalue weighted by Crippen LogP contribution is -2.21. The van der Waals surface area contributed by atoms with Crippen molar-refractivity contribution in [2.75, 3.05) is 5.32 Å². The normalized spacial score (nSPS) is 12.0. The highest BCUT2D eigenvalue weighted by Gasteiger charge is 2.17. The Balaban J connectivity index is 1.71. The van der Waals surface area contributed by atoms with E-state index in [2.05, 4.69) is 10.3 Å². The molecule has 128 valence electrons. The van der Waals surface area contributed by atoms with E-state index in [-0.39, 0.29) is 18.3 Å². The number of aromatic nitrogens is 2. The van der Waals surface area contributed by atoms with Crippen LogP contribution >= 0.6 is 0 Å². The Labute approximate surface area is 144 Å². The summed E-state index contributed by atoms with van der Waals surface area (Å²) in [6, 6.07) is 13.0. The summed E-state index contributed by atoms with van der Waals surface area (Å²) in [6.45, 7) is 1.99. The first-order valence-electron chi connectivity index (χ1n) is 7.84. The van der Waals surface area contributed by atoms with E-state index in [0.717, 1.165) is 5.56 Å². The third kappa shape index (κ3) is 4.10. The van der Waals surface area contributed by atoms with Crippen LogP contribution in [0.4, 0.5) is 10.1 Å². The van der Waals surface area contributed by atoms with Crippen molar-refractivity contribution in [3.8, 4) is 0 Å². The molecule has 6 heteroatoms. The molecule has 0 radical (unpaired) electrons. The Morgan fingerprint density at radius 2 is 1.88 bits per heavy atom. The highest BCUT2D eigenvalue weighted by Crippen LogP contribution is 2.21. The van der Waals surface area contributed by atoms with Gasteiger partial charge in [-0.3, -0.25) is 4.79 Å². The number of nitrogens with one attached hydrogen (secondary N) is 1. The zero-order valence-electron chi connectivity index (χ0n) is 13.7. The van der Waals surface area contributed by atoms with Crippen molar-refractivity contribution in [3.05, 3.63) is 83.7 Å². The van der Waals surface area contributed by atoms with Gasteiger partial charge in [0.25, 0.3) is 0 Å². The second-order valence-electron chi connectivity index (χ2n) is 5.78. The molecule has 0 fully saturated rings. The van der Waals surface area contributed by atoms with Gasteiger partial charge in [-0.15, -0.1) is 0 Å². The van der Waals surface area contributed by atoms with Crippen LogP contribution in [-0.4, -0.2) is 20.6 Å². The van der Waals surface area contributed by atoms with Crippen LogP contribution in [0.3, 0.4) is 0 Å². The number of halogens is 1. The molecule has 1 amide bonds. The molecule has 1 unspecified atom stereocenters. The summed E-state index contributed by atoms with van der Waals surface area (Å²) in [5.74, 6) is -0.281. The van der Waals surface area contributed by atoms with Gasteiger partial charge in [0.1, 0.15) is 24.3 Å². The summed E-state index contributed by atoms with van der Waals surface area (Å²) < 4.78 is 14.6. The number of benzene rings is 2. The lowest BCUT2D eigenvalue weighted by Gasteiger charge is -2.14. The number of carbonyl (C=O) groups is 1. The van der Waals surface area contributed by atoms with E-state index in [4.69, 9.17) is 0 Å². The maximum atomic E-state index is 13.0. The number of aliphatic hydroxyl groups is 1. The lowest BCUT2D eigenvalue weighted by molar-refractivity contribution is -0.116. The van der Waals surface area contributed by atoms with Crippen molar-refractivity contribution in [2.45, 2.75) is 19.6 Å². The van der Waals surface area contributed by atoms with Crippen LogP contribution in [0, 0.1) is 12.7 Å². The molecule has 0 bridgehead atoms. The van der Waals surface area contributed by atoms with E-state index in [1.54, 1.807) is 10.8 Å². The third-order valence-corrected chi connectivity index (χ3v) is 3.83. The fourth-order valence-electron chi connectivity index (χ4n) is 2.49. The topological polar surface area (TPSA) is 67.2 Å². The highest BCUT2D eigenvalue weighted by molar-refractivity contribution is 5.90. The van der Waals surface area contributed by atoms with E-state index in [9.17, 15) is 14.3 Å². The lowest BCUT2D eigenvalue weighted by atomic mass is 10.1. The van der Waals surface area contributed by atoms with E-state index in [1.807, 2.05) is 31.2 Å². The first-order valence-corrected chi connectivity index (χ1v) is 7.84. The standard InChI is InChI=1S/C19H18FN3O2/c1-13-2-8-16(9-3-13)22-17(24)12-23-11-10-21-19(23)18(25)14-4-6-15(20)7-5-14/h2-11,18,25H,12H2,1H3,(H,22,24). The fourth-order valence-corrected chi connectivity index (χ4v) is 2.49. The van der Waals surface area contributed by atoms with Gasteiger partial charge in [-0.25, -0.2) is 9.37 Å². The van der Waals surface area contributed by atoms with Crippen molar-refractivity contribution >= 4 is 11.6 Å². The Morgan fingerprint density at radius 1 is 1.20 bits per heavy atom. The molecule has 0 aliphatic carbocycles. The molecular formula is C19H18FN3O2. The summed E-state index contributed by atoms with van der Waals surface area (Å²) >= 11 is 0. The number of anilines is 1. The molecule has 1 aromatic heterocycles. The summed E-state index contributed by atoms with van der Waals surface area (Å²) in [7, 11) is 0. The molecule has 25 heavy (non-hydrogen) atoms. The zero-order valence-corrected chi connectivity index (χ0v) is 13.7. The van der Waals surface area contributed by atoms with Gasteiger partial charge in [-0.2, -0.15) is 0 Å². The summed E-state index contributed by atoms with van der Waals surface area (Å²) in [4.78, 5) is 16.4. The molecule has 0 saturated carbocycles. The maximum absolute atomic E-state index is 13.0. The average molecular weight is 339 g/mol. The van der Waals surface area contributed by atoms with Crippen molar-refractivity contribution in [1.29, 1.82) is 0 Å². The molecule has 0 aliphatic heterocycles. The van der Waals surface area contributed by atoms with Crippen LogP contribution in [0.2, 0.25) is 0 Å². The monoisotopic (exact) mass is 339 g/mol. The van der Waals surface area contributed by atoms with Crippen LogP contribution in [-0.2, 0) is 11.3 Å². The third-order valence-electron chi connectivity index (χ3n) is 3.83. The number of amides is 1. The maximum Gasteiger partial charge on any atom is 0.244 e. The molecule has 5 nitrogen and oxygen atoms in total. The predicted octanol–water partition coefficient (Wildman–Crippen LogP) is 3.05. The van der Waals surface area contributed by atoms with Gasteiger partial charge in [-0.05, 0) is 36.8 Å². The average Bonchev–Trinajstić information content (AvgIpc) is 3.05. The summed E-state index contributed by atoms with van der Waals surface area (Å²) in [5.41, 5.74) is 2.32. The van der Waals surface area contributed by atoms with Crippen molar-refractivity contribution < 1.29 is 14.3 Å². The molecule has 3 aromatic rings. The van der Waals surface area contributed by atoms with Gasteiger partial charge in [-0.1, -0.05) is 29.8 Å². The minimum Gasteiger partial charge on any atom is -0.380 e. The quantitative estimate of drug-likeness (QED) is 0.751. The number of rotatable bonds is 5. The minimum atomic E-state index is -1.04. The first-order chi connectivity index (χ1) is 12.0. The van der Waals surface area contributed by atoms with Gasteiger partial charge in [0.05, 0.1) is 0 Å². The Morgan fingerprint density at radius 3 is 2.56 bits per heavy atom. The van der Waals surface area contributed by atoms with Gasteiger partial charge in [0.15, 0.2) is 0 Å². The second-order valence-corrected chi connectivity index (χ2v) is 5.78. The van der Waals surface area contributed by atoms with Crippen LogP contribution < -0.4 is 5.32 Å².